The van der Waals surface area contributed by atoms with Crippen molar-refractivity contribution in [1.82, 2.24) is 15.1 Å². The van der Waals surface area contributed by atoms with E-state index in [2.05, 4.69) is 86.9 Å². The summed E-state index contributed by atoms with van der Waals surface area (Å²) in [5.41, 5.74) is 3.37. The number of aromatic nitrogens is 2. The van der Waals surface area contributed by atoms with Crippen molar-refractivity contribution in [3.63, 3.8) is 0 Å². The lowest BCUT2D eigenvalue weighted by Crippen LogP contribution is -2.45. The Hall–Kier alpha value is -2.62. The highest BCUT2D eigenvalue weighted by Crippen LogP contribution is 2.26. The minimum atomic E-state index is -0.0455. The fraction of sp³-hybridized carbons (Fsp3) is 0.375. The largest absolute Gasteiger partial charge is 0.369 e. The first-order valence-corrected chi connectivity index (χ1v) is 13.0. The summed E-state index contributed by atoms with van der Waals surface area (Å²) in [4.78, 5) is 17.2. The summed E-state index contributed by atoms with van der Waals surface area (Å²) >= 11 is 2.87. The van der Waals surface area contributed by atoms with E-state index < -0.39 is 0 Å². The predicted molar refractivity (Wildman–Crippen MR) is 138 cm³/mol. The molecule has 1 fully saturated rings. The van der Waals surface area contributed by atoms with E-state index in [1.807, 2.05) is 12.1 Å². The van der Waals surface area contributed by atoms with Crippen LogP contribution in [0.3, 0.4) is 0 Å². The summed E-state index contributed by atoms with van der Waals surface area (Å²) in [5.74, 6) is 0.261. The van der Waals surface area contributed by atoms with Crippen molar-refractivity contribution >= 4 is 45.5 Å². The number of anilines is 3. The van der Waals surface area contributed by atoms with Crippen LogP contribution in [0.25, 0.3) is 0 Å². The molecular formula is C24H30N6OS2. The summed E-state index contributed by atoms with van der Waals surface area (Å²) in [6.45, 7) is 9.21. The van der Waals surface area contributed by atoms with Gasteiger partial charge in [0, 0.05) is 50.1 Å². The average molecular weight is 483 g/mol. The van der Waals surface area contributed by atoms with E-state index in [1.54, 1.807) is 0 Å². The Labute approximate surface area is 203 Å². The molecule has 0 radical (unpaired) electrons. The second-order valence-corrected chi connectivity index (χ2v) is 10.5. The van der Waals surface area contributed by atoms with Gasteiger partial charge in [0.15, 0.2) is 4.34 Å². The summed E-state index contributed by atoms with van der Waals surface area (Å²) in [7, 11) is 0. The van der Waals surface area contributed by atoms with Gasteiger partial charge in [0.25, 0.3) is 0 Å². The number of carbonyl (C=O) groups excluding carboxylic acids is 1. The van der Waals surface area contributed by atoms with Gasteiger partial charge in [-0.25, -0.2) is 0 Å². The van der Waals surface area contributed by atoms with Gasteiger partial charge in [0.2, 0.25) is 11.0 Å². The fourth-order valence-electron chi connectivity index (χ4n) is 3.66. The molecule has 0 saturated carbocycles. The Balaban J connectivity index is 1.20. The number of nitrogens with one attached hydrogen (secondary N) is 2. The summed E-state index contributed by atoms with van der Waals surface area (Å²) in [6, 6.07) is 19.1. The van der Waals surface area contributed by atoms with E-state index in [0.717, 1.165) is 47.9 Å². The second kappa shape index (κ2) is 11.5. The van der Waals surface area contributed by atoms with Crippen molar-refractivity contribution in [3.05, 3.63) is 60.2 Å². The molecule has 1 aliphatic rings. The van der Waals surface area contributed by atoms with Gasteiger partial charge in [-0.15, -0.1) is 10.2 Å². The molecule has 0 unspecified atom stereocenters. The molecule has 0 aliphatic carbocycles. The van der Waals surface area contributed by atoms with Crippen LogP contribution in [-0.4, -0.2) is 59.0 Å². The Morgan fingerprint density at radius 1 is 1.03 bits per heavy atom. The highest BCUT2D eigenvalue weighted by atomic mass is 32.2. The third-order valence-corrected chi connectivity index (χ3v) is 7.27. The number of benzene rings is 2. The number of nitrogens with zero attached hydrogens (tertiary/aromatic N) is 4. The van der Waals surface area contributed by atoms with Crippen LogP contribution in [0.2, 0.25) is 0 Å². The molecule has 1 saturated heterocycles. The van der Waals surface area contributed by atoms with Crippen LogP contribution in [0, 0.1) is 0 Å². The molecule has 174 valence electrons. The van der Waals surface area contributed by atoms with Crippen molar-refractivity contribution in [2.24, 2.45) is 0 Å². The van der Waals surface area contributed by atoms with Crippen LogP contribution in [0.5, 0.6) is 0 Å². The molecule has 4 rings (SSSR count). The smallest absolute Gasteiger partial charge is 0.234 e. The van der Waals surface area contributed by atoms with E-state index >= 15 is 0 Å². The number of amides is 1. The number of thioether (sulfide) groups is 1. The lowest BCUT2D eigenvalue weighted by Gasteiger charge is -2.36. The zero-order chi connectivity index (χ0) is 23.0. The maximum atomic E-state index is 12.3. The standard InChI is InChI=1S/C24H30N6OS2/c1-18(2)25-23-27-28-24(33-23)32-17-22(31)26-20-8-10-21(11-9-20)30-14-12-29(13-15-30)16-19-6-4-3-5-7-19/h3-11,18H,12-17H2,1-2H3,(H,25,27)(H,26,31). The molecule has 7 nitrogen and oxygen atoms in total. The van der Waals surface area contributed by atoms with Crippen LogP contribution in [-0.2, 0) is 11.3 Å². The molecule has 3 aromatic rings. The third kappa shape index (κ3) is 7.18. The van der Waals surface area contributed by atoms with E-state index in [0.29, 0.717) is 11.8 Å². The molecule has 1 aromatic heterocycles. The number of piperazine rings is 1. The van der Waals surface area contributed by atoms with Crippen LogP contribution in [0.1, 0.15) is 19.4 Å². The van der Waals surface area contributed by atoms with Crippen LogP contribution >= 0.6 is 23.1 Å². The quantitative estimate of drug-likeness (QED) is 0.438. The molecule has 1 amide bonds. The van der Waals surface area contributed by atoms with Gasteiger partial charge in [-0.2, -0.15) is 0 Å². The van der Waals surface area contributed by atoms with Gasteiger partial charge < -0.3 is 15.5 Å². The lowest BCUT2D eigenvalue weighted by molar-refractivity contribution is -0.113. The van der Waals surface area contributed by atoms with Crippen LogP contribution in [0.4, 0.5) is 16.5 Å². The summed E-state index contributed by atoms with van der Waals surface area (Å²) < 4.78 is 0.787. The Bertz CT molecular complexity index is 1020. The predicted octanol–water partition coefficient (Wildman–Crippen LogP) is 4.41. The first kappa shape index (κ1) is 23.5. The maximum Gasteiger partial charge on any atom is 0.234 e. The van der Waals surface area contributed by atoms with E-state index in [9.17, 15) is 4.79 Å². The van der Waals surface area contributed by atoms with E-state index in [-0.39, 0.29) is 5.91 Å². The molecule has 9 heteroatoms. The monoisotopic (exact) mass is 482 g/mol. The molecule has 1 aliphatic heterocycles. The molecule has 0 atom stereocenters. The Morgan fingerprint density at radius 3 is 2.45 bits per heavy atom. The minimum Gasteiger partial charge on any atom is -0.369 e. The van der Waals surface area contributed by atoms with Crippen molar-refractivity contribution in [3.8, 4) is 0 Å². The van der Waals surface area contributed by atoms with Gasteiger partial charge in [-0.05, 0) is 43.7 Å². The Kier molecular flexibility index (Phi) is 8.20. The van der Waals surface area contributed by atoms with Crippen molar-refractivity contribution < 1.29 is 4.79 Å². The van der Waals surface area contributed by atoms with Crippen LogP contribution < -0.4 is 15.5 Å². The molecule has 2 aromatic carbocycles. The van der Waals surface area contributed by atoms with Crippen molar-refractivity contribution in [2.45, 2.75) is 30.8 Å². The van der Waals surface area contributed by atoms with Crippen LogP contribution in [0.15, 0.2) is 58.9 Å². The second-order valence-electron chi connectivity index (χ2n) is 8.30. The third-order valence-electron chi connectivity index (χ3n) is 5.28. The summed E-state index contributed by atoms with van der Waals surface area (Å²) in [5, 5.41) is 15.2. The molecule has 0 bridgehead atoms. The zero-order valence-electron chi connectivity index (χ0n) is 19.0. The lowest BCUT2D eigenvalue weighted by atomic mass is 10.2. The Morgan fingerprint density at radius 2 is 1.76 bits per heavy atom. The SMILES string of the molecule is CC(C)Nc1nnc(SCC(=O)Nc2ccc(N3CCN(Cc4ccccc4)CC3)cc2)s1. The van der Waals surface area contributed by atoms with Gasteiger partial charge in [0.1, 0.15) is 0 Å². The molecule has 2 N–H and O–H groups in total. The first-order chi connectivity index (χ1) is 16.0. The number of hydrogen-bond acceptors (Lipinski definition) is 8. The van der Waals surface area contributed by atoms with Crippen molar-refractivity contribution in [1.29, 1.82) is 0 Å². The molecular weight excluding hydrogens is 452 g/mol. The van der Waals surface area contributed by atoms with Gasteiger partial charge in [0.05, 0.1) is 5.75 Å². The maximum absolute atomic E-state index is 12.3. The highest BCUT2D eigenvalue weighted by molar-refractivity contribution is 8.01. The van der Waals surface area contributed by atoms with E-state index in [4.69, 9.17) is 0 Å². The van der Waals surface area contributed by atoms with Gasteiger partial charge in [-0.3, -0.25) is 9.69 Å². The topological polar surface area (TPSA) is 73.4 Å². The average Bonchev–Trinajstić information content (AvgIpc) is 3.26. The normalized spacial score (nSPS) is 14.5. The zero-order valence-corrected chi connectivity index (χ0v) is 20.7. The number of carbonyl (C=O) groups is 1. The number of rotatable bonds is 9. The fourth-order valence-corrected chi connectivity index (χ4v) is 5.36. The summed E-state index contributed by atoms with van der Waals surface area (Å²) in [6.07, 6.45) is 0. The van der Waals surface area contributed by atoms with Crippen molar-refractivity contribution in [2.75, 3.05) is 47.5 Å². The minimum absolute atomic E-state index is 0.0455. The highest BCUT2D eigenvalue weighted by Gasteiger charge is 2.17. The molecule has 2 heterocycles. The first-order valence-electron chi connectivity index (χ1n) is 11.2. The number of hydrogen-bond donors (Lipinski definition) is 2. The molecule has 33 heavy (non-hydrogen) atoms. The van der Waals surface area contributed by atoms with Gasteiger partial charge >= 0.3 is 0 Å². The molecule has 0 spiro atoms. The van der Waals surface area contributed by atoms with E-state index in [1.165, 1.54) is 34.3 Å². The van der Waals surface area contributed by atoms with Gasteiger partial charge in [-0.1, -0.05) is 53.4 Å².